The van der Waals surface area contributed by atoms with E-state index in [1.807, 2.05) is 0 Å². The molecule has 2 N–H and O–H groups in total. The number of anilines is 1. The van der Waals surface area contributed by atoms with Crippen LogP contribution in [0.15, 0.2) is 24.3 Å². The fourth-order valence-corrected chi connectivity index (χ4v) is 3.05. The molecule has 0 saturated heterocycles. The Morgan fingerprint density at radius 3 is 2.71 bits per heavy atom. The van der Waals surface area contributed by atoms with Gasteiger partial charge in [0.1, 0.15) is 0 Å². The van der Waals surface area contributed by atoms with Gasteiger partial charge in [0, 0.05) is 19.4 Å². The first-order chi connectivity index (χ1) is 8.03. The van der Waals surface area contributed by atoms with E-state index in [1.165, 1.54) is 0 Å². The van der Waals surface area contributed by atoms with E-state index in [0.717, 1.165) is 12.0 Å². The van der Waals surface area contributed by atoms with Crippen molar-refractivity contribution in [3.63, 3.8) is 0 Å². The summed E-state index contributed by atoms with van der Waals surface area (Å²) >= 11 is 0. The van der Waals surface area contributed by atoms with Gasteiger partial charge in [0.05, 0.1) is 11.5 Å². The van der Waals surface area contributed by atoms with Crippen LogP contribution in [0.2, 0.25) is 0 Å². The number of nitrogen functional groups attached to an aromatic ring is 1. The summed E-state index contributed by atoms with van der Waals surface area (Å²) in [5.74, 6) is 0.260. The molecular weight excluding hydrogens is 238 g/mol. The van der Waals surface area contributed by atoms with E-state index in [1.54, 1.807) is 31.4 Å². The van der Waals surface area contributed by atoms with Crippen LogP contribution in [-0.2, 0) is 20.3 Å². The monoisotopic (exact) mass is 257 g/mol. The Kier molecular flexibility index (Phi) is 5.44. The lowest BCUT2D eigenvalue weighted by Crippen LogP contribution is -2.10. The van der Waals surface area contributed by atoms with E-state index < -0.39 is 9.84 Å². The highest BCUT2D eigenvalue weighted by atomic mass is 32.2. The van der Waals surface area contributed by atoms with Crippen LogP contribution in [0, 0.1) is 0 Å². The van der Waals surface area contributed by atoms with Gasteiger partial charge >= 0.3 is 0 Å². The molecule has 1 aromatic carbocycles. The zero-order valence-corrected chi connectivity index (χ0v) is 10.9. The van der Waals surface area contributed by atoms with Crippen molar-refractivity contribution in [3.8, 4) is 0 Å². The standard InChI is InChI=1S/C12H19NO3S/c1-16-7-2-3-8-17(14,15)10-11-5-4-6-12(13)9-11/h4-6,9H,2-3,7-8,10,13H2,1H3. The second kappa shape index (κ2) is 6.61. The average Bonchev–Trinajstić information content (AvgIpc) is 2.24. The minimum absolute atomic E-state index is 0.0605. The van der Waals surface area contributed by atoms with Crippen molar-refractivity contribution >= 4 is 15.5 Å². The maximum Gasteiger partial charge on any atom is 0.154 e. The summed E-state index contributed by atoms with van der Waals surface area (Å²) in [6, 6.07) is 7.00. The van der Waals surface area contributed by atoms with Crippen molar-refractivity contribution in [1.82, 2.24) is 0 Å². The lowest BCUT2D eigenvalue weighted by molar-refractivity contribution is 0.194. The summed E-state index contributed by atoms with van der Waals surface area (Å²) in [5, 5.41) is 0. The number of rotatable bonds is 7. The molecule has 0 heterocycles. The van der Waals surface area contributed by atoms with E-state index >= 15 is 0 Å². The molecule has 0 fully saturated rings. The summed E-state index contributed by atoms with van der Waals surface area (Å²) in [6.07, 6.45) is 1.41. The molecule has 0 spiro atoms. The zero-order valence-electron chi connectivity index (χ0n) is 10.1. The van der Waals surface area contributed by atoms with E-state index in [9.17, 15) is 8.42 Å². The second-order valence-corrected chi connectivity index (χ2v) is 6.22. The van der Waals surface area contributed by atoms with E-state index in [4.69, 9.17) is 10.5 Å². The molecule has 0 aliphatic rings. The molecule has 0 bridgehead atoms. The molecule has 0 unspecified atom stereocenters. The van der Waals surface area contributed by atoms with Crippen molar-refractivity contribution in [1.29, 1.82) is 0 Å². The lowest BCUT2D eigenvalue weighted by Gasteiger charge is -2.05. The molecular formula is C12H19NO3S. The number of hydrogen-bond acceptors (Lipinski definition) is 4. The molecule has 0 radical (unpaired) electrons. The number of hydrogen-bond donors (Lipinski definition) is 1. The van der Waals surface area contributed by atoms with Crippen LogP contribution in [0.4, 0.5) is 5.69 Å². The summed E-state index contributed by atoms with van der Waals surface area (Å²) in [4.78, 5) is 0. The van der Waals surface area contributed by atoms with Crippen LogP contribution in [-0.4, -0.2) is 27.9 Å². The average molecular weight is 257 g/mol. The minimum Gasteiger partial charge on any atom is -0.399 e. The molecule has 5 heteroatoms. The predicted molar refractivity (Wildman–Crippen MR) is 69.5 cm³/mol. The SMILES string of the molecule is COCCCCS(=O)(=O)Cc1cccc(N)c1. The van der Waals surface area contributed by atoms with E-state index in [-0.39, 0.29) is 11.5 Å². The Hall–Kier alpha value is -1.07. The van der Waals surface area contributed by atoms with Gasteiger partial charge in [0.25, 0.3) is 0 Å². The zero-order chi connectivity index (χ0) is 12.7. The second-order valence-electron chi connectivity index (χ2n) is 4.04. The topological polar surface area (TPSA) is 69.4 Å². The number of unbranched alkanes of at least 4 members (excludes halogenated alkanes) is 1. The first-order valence-corrected chi connectivity index (χ1v) is 7.39. The summed E-state index contributed by atoms with van der Waals surface area (Å²) < 4.78 is 28.5. The molecule has 0 amide bonds. The van der Waals surface area contributed by atoms with Crippen molar-refractivity contribution in [3.05, 3.63) is 29.8 Å². The number of nitrogens with two attached hydrogens (primary N) is 1. The van der Waals surface area contributed by atoms with Crippen molar-refractivity contribution in [2.45, 2.75) is 18.6 Å². The van der Waals surface area contributed by atoms with E-state index in [0.29, 0.717) is 18.7 Å². The van der Waals surface area contributed by atoms with Gasteiger partial charge in [0.2, 0.25) is 0 Å². The Balaban J connectivity index is 2.49. The largest absolute Gasteiger partial charge is 0.399 e. The number of sulfone groups is 1. The third kappa shape index (κ3) is 5.70. The highest BCUT2D eigenvalue weighted by Crippen LogP contribution is 2.11. The van der Waals surface area contributed by atoms with Crippen molar-refractivity contribution < 1.29 is 13.2 Å². The molecule has 0 aromatic heterocycles. The third-order valence-corrected chi connectivity index (χ3v) is 4.08. The van der Waals surface area contributed by atoms with Gasteiger partial charge in [-0.3, -0.25) is 0 Å². The van der Waals surface area contributed by atoms with Gasteiger partial charge in [-0.2, -0.15) is 0 Å². The normalized spacial score (nSPS) is 11.6. The van der Waals surface area contributed by atoms with Gasteiger partial charge < -0.3 is 10.5 Å². The molecule has 96 valence electrons. The van der Waals surface area contributed by atoms with E-state index in [2.05, 4.69) is 0 Å². The molecule has 0 aliphatic carbocycles. The number of ether oxygens (including phenoxy) is 1. The van der Waals surface area contributed by atoms with Gasteiger partial charge in [-0.05, 0) is 30.5 Å². The predicted octanol–water partition coefficient (Wildman–Crippen LogP) is 1.61. The maximum atomic E-state index is 11.8. The van der Waals surface area contributed by atoms with Gasteiger partial charge in [-0.15, -0.1) is 0 Å². The first kappa shape index (κ1) is 14.0. The van der Waals surface area contributed by atoms with Gasteiger partial charge in [0.15, 0.2) is 9.84 Å². The molecule has 0 atom stereocenters. The van der Waals surface area contributed by atoms with Crippen LogP contribution < -0.4 is 5.73 Å². The molecule has 17 heavy (non-hydrogen) atoms. The molecule has 0 aliphatic heterocycles. The fraction of sp³-hybridized carbons (Fsp3) is 0.500. The Morgan fingerprint density at radius 1 is 1.29 bits per heavy atom. The smallest absolute Gasteiger partial charge is 0.154 e. The van der Waals surface area contributed by atoms with Crippen molar-refractivity contribution in [2.24, 2.45) is 0 Å². The molecule has 0 saturated carbocycles. The third-order valence-electron chi connectivity index (χ3n) is 2.39. The van der Waals surface area contributed by atoms with Crippen molar-refractivity contribution in [2.75, 3.05) is 25.2 Å². The Bertz CT molecular complexity index is 443. The van der Waals surface area contributed by atoms with Crippen LogP contribution in [0.5, 0.6) is 0 Å². The highest BCUT2D eigenvalue weighted by Gasteiger charge is 2.11. The van der Waals surface area contributed by atoms with Crippen LogP contribution in [0.3, 0.4) is 0 Å². The Labute approximate surface area is 103 Å². The van der Waals surface area contributed by atoms with Crippen LogP contribution in [0.1, 0.15) is 18.4 Å². The maximum absolute atomic E-state index is 11.8. The number of methoxy groups -OCH3 is 1. The summed E-state index contributed by atoms with van der Waals surface area (Å²) in [5.41, 5.74) is 6.95. The number of benzene rings is 1. The first-order valence-electron chi connectivity index (χ1n) is 5.57. The van der Waals surface area contributed by atoms with Gasteiger partial charge in [-0.1, -0.05) is 12.1 Å². The van der Waals surface area contributed by atoms with Gasteiger partial charge in [-0.25, -0.2) is 8.42 Å². The summed E-state index contributed by atoms with van der Waals surface area (Å²) in [6.45, 7) is 0.605. The summed E-state index contributed by atoms with van der Waals surface area (Å²) in [7, 11) is -1.43. The highest BCUT2D eigenvalue weighted by molar-refractivity contribution is 7.90. The minimum atomic E-state index is -3.04. The fourth-order valence-electron chi connectivity index (χ4n) is 1.58. The lowest BCUT2D eigenvalue weighted by atomic mass is 10.2. The molecule has 1 aromatic rings. The molecule has 1 rings (SSSR count). The quantitative estimate of drug-likeness (QED) is 0.595. The van der Waals surface area contributed by atoms with Crippen LogP contribution in [0.25, 0.3) is 0 Å². The molecule has 4 nitrogen and oxygen atoms in total. The van der Waals surface area contributed by atoms with Crippen LogP contribution >= 0.6 is 0 Å². The Morgan fingerprint density at radius 2 is 2.06 bits per heavy atom.